The van der Waals surface area contributed by atoms with Crippen LogP contribution in [0.2, 0.25) is 0 Å². The number of carbonyl (C=O) groups excluding carboxylic acids is 2. The summed E-state index contributed by atoms with van der Waals surface area (Å²) >= 11 is 0. The number of phenolic OH excluding ortho intramolecular Hbond substituents is 1. The minimum atomic E-state index is -0.694. The van der Waals surface area contributed by atoms with E-state index in [1.807, 2.05) is 0 Å². The Kier molecular flexibility index (Phi) is 3.50. The van der Waals surface area contributed by atoms with E-state index in [-0.39, 0.29) is 16.9 Å². The summed E-state index contributed by atoms with van der Waals surface area (Å²) in [4.78, 5) is 22.2. The van der Waals surface area contributed by atoms with Crippen LogP contribution in [-0.4, -0.2) is 31.6 Å². The van der Waals surface area contributed by atoms with Gasteiger partial charge < -0.3 is 14.6 Å². The van der Waals surface area contributed by atoms with E-state index in [9.17, 15) is 14.7 Å². The zero-order chi connectivity index (χ0) is 12.3. The van der Waals surface area contributed by atoms with Crippen LogP contribution >= 0.6 is 0 Å². The maximum Gasteiger partial charge on any atom is 0.341 e. The number of esters is 1. The van der Waals surface area contributed by atoms with Gasteiger partial charge in [0.2, 0.25) is 0 Å². The van der Waals surface area contributed by atoms with Gasteiger partial charge in [0.1, 0.15) is 17.1 Å². The van der Waals surface area contributed by atoms with Crippen molar-refractivity contribution in [3.8, 4) is 11.5 Å². The largest absolute Gasteiger partial charge is 0.506 e. The highest BCUT2D eigenvalue weighted by molar-refractivity contribution is 5.98. The lowest BCUT2D eigenvalue weighted by Crippen LogP contribution is -2.07. The highest BCUT2D eigenvalue weighted by atomic mass is 16.5. The molecule has 0 unspecified atom stereocenters. The van der Waals surface area contributed by atoms with E-state index < -0.39 is 11.7 Å². The fourth-order valence-electron chi connectivity index (χ4n) is 1.43. The van der Waals surface area contributed by atoms with Gasteiger partial charge in [-0.05, 0) is 18.6 Å². The molecule has 0 spiro atoms. The third-order valence-electron chi connectivity index (χ3n) is 2.23. The van der Waals surface area contributed by atoms with Crippen molar-refractivity contribution < 1.29 is 24.2 Å². The third kappa shape index (κ3) is 1.84. The second kappa shape index (κ2) is 4.65. The molecule has 0 aliphatic carbocycles. The Bertz CT molecular complexity index is 436. The number of aromatic hydroxyl groups is 1. The molecule has 0 bridgehead atoms. The summed E-state index contributed by atoms with van der Waals surface area (Å²) in [7, 11) is 2.57. The third-order valence-corrected chi connectivity index (χ3v) is 2.23. The first-order valence-electron chi connectivity index (χ1n) is 4.50. The SMILES string of the molecule is COC(=O)c1c(C)cc(OC)c(C=O)c1O. The summed E-state index contributed by atoms with van der Waals surface area (Å²) in [6.45, 7) is 1.61. The first-order chi connectivity index (χ1) is 7.56. The van der Waals surface area contributed by atoms with E-state index in [4.69, 9.17) is 4.74 Å². The van der Waals surface area contributed by atoms with Crippen LogP contribution in [0.1, 0.15) is 26.3 Å². The minimum absolute atomic E-state index is 0.0228. The van der Waals surface area contributed by atoms with Gasteiger partial charge in [0.15, 0.2) is 6.29 Å². The van der Waals surface area contributed by atoms with Crippen LogP contribution in [0.25, 0.3) is 0 Å². The molecule has 0 radical (unpaired) electrons. The molecule has 0 aliphatic heterocycles. The summed E-state index contributed by atoms with van der Waals surface area (Å²) in [5.74, 6) is -0.892. The van der Waals surface area contributed by atoms with Crippen molar-refractivity contribution in [2.75, 3.05) is 14.2 Å². The summed E-state index contributed by atoms with van der Waals surface area (Å²) in [6.07, 6.45) is 0.431. The van der Waals surface area contributed by atoms with Crippen LogP contribution < -0.4 is 4.74 Å². The summed E-state index contributed by atoms with van der Waals surface area (Å²) < 4.78 is 9.44. The van der Waals surface area contributed by atoms with Gasteiger partial charge >= 0.3 is 5.97 Å². The first-order valence-corrected chi connectivity index (χ1v) is 4.50. The molecule has 86 valence electrons. The molecular weight excluding hydrogens is 212 g/mol. The number of rotatable bonds is 3. The van der Waals surface area contributed by atoms with E-state index in [0.717, 1.165) is 0 Å². The summed E-state index contributed by atoms with van der Waals surface area (Å²) in [6, 6.07) is 1.50. The lowest BCUT2D eigenvalue weighted by atomic mass is 10.0. The van der Waals surface area contributed by atoms with Crippen molar-refractivity contribution in [1.82, 2.24) is 0 Å². The van der Waals surface area contributed by atoms with Crippen LogP contribution in [0.5, 0.6) is 11.5 Å². The Labute approximate surface area is 92.6 Å². The van der Waals surface area contributed by atoms with Crippen molar-refractivity contribution in [3.63, 3.8) is 0 Å². The molecule has 1 N–H and O–H groups in total. The number of aryl methyl sites for hydroxylation is 1. The normalized spacial score (nSPS) is 9.69. The molecule has 0 heterocycles. The van der Waals surface area contributed by atoms with Crippen LogP contribution in [0.3, 0.4) is 0 Å². The van der Waals surface area contributed by atoms with Crippen molar-refractivity contribution in [3.05, 3.63) is 22.8 Å². The topological polar surface area (TPSA) is 72.8 Å². The van der Waals surface area contributed by atoms with E-state index >= 15 is 0 Å². The van der Waals surface area contributed by atoms with Gasteiger partial charge in [0.25, 0.3) is 0 Å². The number of ether oxygens (including phenoxy) is 2. The Morgan fingerprint density at radius 1 is 1.44 bits per heavy atom. The second-order valence-electron chi connectivity index (χ2n) is 3.14. The van der Waals surface area contributed by atoms with Crippen LogP contribution in [-0.2, 0) is 4.74 Å². The molecule has 0 aromatic heterocycles. The number of benzene rings is 1. The molecule has 0 aliphatic rings. The monoisotopic (exact) mass is 224 g/mol. The molecule has 0 saturated heterocycles. The average Bonchev–Trinajstić information content (AvgIpc) is 2.27. The Morgan fingerprint density at radius 3 is 2.50 bits per heavy atom. The lowest BCUT2D eigenvalue weighted by Gasteiger charge is -2.11. The molecular formula is C11H12O5. The van der Waals surface area contributed by atoms with Crippen molar-refractivity contribution in [2.24, 2.45) is 0 Å². The van der Waals surface area contributed by atoms with Crippen molar-refractivity contribution in [2.45, 2.75) is 6.92 Å². The lowest BCUT2D eigenvalue weighted by molar-refractivity contribution is 0.0596. The predicted molar refractivity (Wildman–Crippen MR) is 56.1 cm³/mol. The molecule has 0 amide bonds. The minimum Gasteiger partial charge on any atom is -0.506 e. The van der Waals surface area contributed by atoms with E-state index in [1.165, 1.54) is 20.3 Å². The fraction of sp³-hybridized carbons (Fsp3) is 0.273. The standard InChI is InChI=1S/C11H12O5/c1-6-4-8(15-2)7(5-12)10(13)9(6)11(14)16-3/h4-5,13H,1-3H3. The number of carbonyl (C=O) groups is 2. The molecule has 16 heavy (non-hydrogen) atoms. The number of hydrogen-bond acceptors (Lipinski definition) is 5. The zero-order valence-corrected chi connectivity index (χ0v) is 9.23. The van der Waals surface area contributed by atoms with Gasteiger partial charge in [-0.25, -0.2) is 4.79 Å². The summed E-state index contributed by atoms with van der Waals surface area (Å²) in [5.41, 5.74) is 0.394. The maximum atomic E-state index is 11.4. The van der Waals surface area contributed by atoms with Crippen LogP contribution in [0.15, 0.2) is 6.07 Å². The molecule has 1 aromatic carbocycles. The first kappa shape index (κ1) is 12.0. The predicted octanol–water partition coefficient (Wildman–Crippen LogP) is 1.31. The fourth-order valence-corrected chi connectivity index (χ4v) is 1.43. The van der Waals surface area contributed by atoms with E-state index in [0.29, 0.717) is 11.8 Å². The van der Waals surface area contributed by atoms with E-state index in [2.05, 4.69) is 4.74 Å². The number of phenols is 1. The zero-order valence-electron chi connectivity index (χ0n) is 9.23. The van der Waals surface area contributed by atoms with Gasteiger partial charge in [-0.3, -0.25) is 4.79 Å². The van der Waals surface area contributed by atoms with Gasteiger partial charge in [0.05, 0.1) is 19.8 Å². The number of methoxy groups -OCH3 is 2. The molecule has 5 heteroatoms. The van der Waals surface area contributed by atoms with Gasteiger partial charge in [-0.2, -0.15) is 0 Å². The highest BCUT2D eigenvalue weighted by Crippen LogP contribution is 2.33. The quantitative estimate of drug-likeness (QED) is 0.619. The Balaban J connectivity index is 3.52. The molecule has 0 fully saturated rings. The van der Waals surface area contributed by atoms with Gasteiger partial charge in [-0.1, -0.05) is 0 Å². The Hall–Kier alpha value is -2.04. The van der Waals surface area contributed by atoms with Crippen molar-refractivity contribution >= 4 is 12.3 Å². The van der Waals surface area contributed by atoms with Crippen molar-refractivity contribution in [1.29, 1.82) is 0 Å². The van der Waals surface area contributed by atoms with E-state index in [1.54, 1.807) is 6.92 Å². The number of hydrogen-bond donors (Lipinski definition) is 1. The van der Waals surface area contributed by atoms with Crippen LogP contribution in [0, 0.1) is 6.92 Å². The molecule has 0 atom stereocenters. The highest BCUT2D eigenvalue weighted by Gasteiger charge is 2.21. The average molecular weight is 224 g/mol. The van der Waals surface area contributed by atoms with Gasteiger partial charge in [-0.15, -0.1) is 0 Å². The second-order valence-corrected chi connectivity index (χ2v) is 3.14. The molecule has 5 nitrogen and oxygen atoms in total. The smallest absolute Gasteiger partial charge is 0.341 e. The summed E-state index contributed by atoms with van der Waals surface area (Å²) in [5, 5.41) is 9.77. The van der Waals surface area contributed by atoms with Crippen LogP contribution in [0.4, 0.5) is 0 Å². The number of aldehydes is 1. The molecule has 1 rings (SSSR count). The van der Waals surface area contributed by atoms with Gasteiger partial charge in [0, 0.05) is 0 Å². The molecule has 0 saturated carbocycles. The maximum absolute atomic E-state index is 11.4. The Morgan fingerprint density at radius 2 is 2.06 bits per heavy atom. The molecule has 1 aromatic rings.